The van der Waals surface area contributed by atoms with Crippen LogP contribution < -0.4 is 10.5 Å². The Balaban J connectivity index is 0.00000264. The van der Waals surface area contributed by atoms with Crippen LogP contribution in [0.25, 0.3) is 0 Å². The van der Waals surface area contributed by atoms with Gasteiger partial charge in [-0.3, -0.25) is 9.59 Å². The second-order valence-electron chi connectivity index (χ2n) is 5.75. The Labute approximate surface area is 143 Å². The molecule has 0 aliphatic carbocycles. The van der Waals surface area contributed by atoms with Crippen molar-refractivity contribution in [2.45, 2.75) is 38.6 Å². The Kier molecular flexibility index (Phi) is 8.06. The lowest BCUT2D eigenvalue weighted by Crippen LogP contribution is -2.42. The third kappa shape index (κ3) is 6.20. The molecule has 6 heteroatoms. The topological polar surface area (TPSA) is 72.6 Å². The van der Waals surface area contributed by atoms with Gasteiger partial charge in [-0.2, -0.15) is 0 Å². The monoisotopic (exact) mass is 340 g/mol. The van der Waals surface area contributed by atoms with Crippen molar-refractivity contribution in [3.8, 4) is 5.75 Å². The predicted molar refractivity (Wildman–Crippen MR) is 92.2 cm³/mol. The minimum Gasteiger partial charge on any atom is -0.494 e. The van der Waals surface area contributed by atoms with Crippen molar-refractivity contribution in [3.63, 3.8) is 0 Å². The molecule has 1 aliphatic heterocycles. The van der Waals surface area contributed by atoms with Crippen molar-refractivity contribution in [3.05, 3.63) is 29.8 Å². The fourth-order valence-corrected chi connectivity index (χ4v) is 2.51. The van der Waals surface area contributed by atoms with Gasteiger partial charge in [0, 0.05) is 31.1 Å². The molecular formula is C17H25ClN2O3. The maximum atomic E-state index is 12.0. The summed E-state index contributed by atoms with van der Waals surface area (Å²) in [4.78, 5) is 25.1. The maximum absolute atomic E-state index is 12.0. The number of halogens is 1. The number of hydrogen-bond acceptors (Lipinski definition) is 4. The summed E-state index contributed by atoms with van der Waals surface area (Å²) in [6, 6.07) is 7.31. The molecule has 1 heterocycles. The Morgan fingerprint density at radius 1 is 1.22 bits per heavy atom. The number of Topliss-reactive ketones (excluding diaryl/α,β-unsaturated/α-hetero) is 1. The molecule has 1 amide bonds. The van der Waals surface area contributed by atoms with Gasteiger partial charge in [-0.05, 0) is 50.5 Å². The lowest BCUT2D eigenvalue weighted by molar-refractivity contribution is -0.132. The zero-order valence-electron chi connectivity index (χ0n) is 13.5. The quantitative estimate of drug-likeness (QED) is 0.637. The van der Waals surface area contributed by atoms with E-state index in [1.165, 1.54) is 6.92 Å². The number of amides is 1. The number of carbonyl (C=O) groups is 2. The van der Waals surface area contributed by atoms with E-state index in [0.717, 1.165) is 31.7 Å². The number of hydrogen-bond donors (Lipinski definition) is 1. The number of ether oxygens (including phenoxy) is 1. The molecule has 0 atom stereocenters. The van der Waals surface area contributed by atoms with Crippen LogP contribution in [0.2, 0.25) is 0 Å². The van der Waals surface area contributed by atoms with E-state index in [1.807, 2.05) is 4.90 Å². The molecular weight excluding hydrogens is 316 g/mol. The van der Waals surface area contributed by atoms with Crippen LogP contribution in [0.4, 0.5) is 0 Å². The van der Waals surface area contributed by atoms with E-state index in [2.05, 4.69) is 0 Å². The normalized spacial score (nSPS) is 15.0. The number of carbonyl (C=O) groups excluding carboxylic acids is 2. The van der Waals surface area contributed by atoms with Crippen molar-refractivity contribution in [2.75, 3.05) is 19.7 Å². The number of benzene rings is 1. The zero-order valence-corrected chi connectivity index (χ0v) is 14.3. The van der Waals surface area contributed by atoms with Crippen LogP contribution in [-0.4, -0.2) is 42.3 Å². The van der Waals surface area contributed by atoms with Crippen molar-refractivity contribution >= 4 is 24.1 Å². The smallest absolute Gasteiger partial charge is 0.222 e. The molecule has 128 valence electrons. The minimum absolute atomic E-state index is 0. The van der Waals surface area contributed by atoms with Gasteiger partial charge in [-0.1, -0.05) is 0 Å². The summed E-state index contributed by atoms with van der Waals surface area (Å²) in [5.41, 5.74) is 6.51. The van der Waals surface area contributed by atoms with E-state index in [1.54, 1.807) is 24.3 Å². The van der Waals surface area contributed by atoms with Gasteiger partial charge in [0.2, 0.25) is 5.91 Å². The third-order valence-corrected chi connectivity index (χ3v) is 3.96. The number of ketones is 1. The van der Waals surface area contributed by atoms with E-state index < -0.39 is 0 Å². The number of piperidine rings is 1. The Morgan fingerprint density at radius 3 is 2.39 bits per heavy atom. The lowest BCUT2D eigenvalue weighted by Gasteiger charge is -2.30. The maximum Gasteiger partial charge on any atom is 0.222 e. The molecule has 5 nitrogen and oxygen atoms in total. The Hall–Kier alpha value is -1.59. The zero-order chi connectivity index (χ0) is 15.9. The SMILES string of the molecule is CC(=O)c1ccc(OCCCC(=O)N2CCC(N)CC2)cc1.Cl. The number of nitrogens with two attached hydrogens (primary N) is 1. The van der Waals surface area contributed by atoms with E-state index in [0.29, 0.717) is 25.0 Å². The molecule has 23 heavy (non-hydrogen) atoms. The van der Waals surface area contributed by atoms with Gasteiger partial charge in [0.05, 0.1) is 6.61 Å². The van der Waals surface area contributed by atoms with Crippen LogP contribution in [0.1, 0.15) is 43.0 Å². The summed E-state index contributed by atoms with van der Waals surface area (Å²) in [6.07, 6.45) is 2.98. The van der Waals surface area contributed by atoms with Gasteiger partial charge in [-0.25, -0.2) is 0 Å². The van der Waals surface area contributed by atoms with Gasteiger partial charge in [-0.15, -0.1) is 12.4 Å². The summed E-state index contributed by atoms with van der Waals surface area (Å²) in [6.45, 7) is 3.58. The molecule has 0 saturated carbocycles. The van der Waals surface area contributed by atoms with Gasteiger partial charge in [0.15, 0.2) is 5.78 Å². The molecule has 2 N–H and O–H groups in total. The largest absolute Gasteiger partial charge is 0.494 e. The van der Waals surface area contributed by atoms with Crippen molar-refractivity contribution in [1.82, 2.24) is 4.90 Å². The molecule has 0 bridgehead atoms. The van der Waals surface area contributed by atoms with Crippen LogP contribution in [0.3, 0.4) is 0 Å². The summed E-state index contributed by atoms with van der Waals surface area (Å²) in [5.74, 6) is 0.946. The summed E-state index contributed by atoms with van der Waals surface area (Å²) < 4.78 is 5.59. The van der Waals surface area contributed by atoms with E-state index >= 15 is 0 Å². The molecule has 0 radical (unpaired) electrons. The van der Waals surface area contributed by atoms with Crippen LogP contribution in [0.15, 0.2) is 24.3 Å². The summed E-state index contributed by atoms with van der Waals surface area (Å²) in [5, 5.41) is 0. The highest BCUT2D eigenvalue weighted by molar-refractivity contribution is 5.94. The van der Waals surface area contributed by atoms with E-state index in [9.17, 15) is 9.59 Å². The standard InChI is InChI=1S/C17H24N2O3.ClH/c1-13(20)14-4-6-16(7-5-14)22-12-2-3-17(21)19-10-8-15(18)9-11-19;/h4-7,15H,2-3,8-12,18H2,1H3;1H. The average molecular weight is 341 g/mol. The highest BCUT2D eigenvalue weighted by Gasteiger charge is 2.19. The lowest BCUT2D eigenvalue weighted by atomic mass is 10.1. The van der Waals surface area contributed by atoms with Crippen molar-refractivity contribution in [1.29, 1.82) is 0 Å². The van der Waals surface area contributed by atoms with Gasteiger partial charge < -0.3 is 15.4 Å². The Bertz CT molecular complexity index is 511. The van der Waals surface area contributed by atoms with Crippen LogP contribution in [-0.2, 0) is 4.79 Å². The number of rotatable bonds is 6. The fourth-order valence-electron chi connectivity index (χ4n) is 2.51. The van der Waals surface area contributed by atoms with E-state index in [-0.39, 0.29) is 30.1 Å². The molecule has 1 aromatic carbocycles. The highest BCUT2D eigenvalue weighted by Crippen LogP contribution is 2.14. The van der Waals surface area contributed by atoms with Gasteiger partial charge >= 0.3 is 0 Å². The summed E-state index contributed by atoms with van der Waals surface area (Å²) >= 11 is 0. The van der Waals surface area contributed by atoms with E-state index in [4.69, 9.17) is 10.5 Å². The number of nitrogens with zero attached hydrogens (tertiary/aromatic N) is 1. The second kappa shape index (κ2) is 9.53. The molecule has 0 spiro atoms. The van der Waals surface area contributed by atoms with Gasteiger partial charge in [0.1, 0.15) is 5.75 Å². The first-order valence-electron chi connectivity index (χ1n) is 7.83. The summed E-state index contributed by atoms with van der Waals surface area (Å²) in [7, 11) is 0. The predicted octanol–water partition coefficient (Wildman–Crippen LogP) is 2.42. The van der Waals surface area contributed by atoms with Gasteiger partial charge in [0.25, 0.3) is 0 Å². The number of likely N-dealkylation sites (tertiary alicyclic amines) is 1. The fraction of sp³-hybridized carbons (Fsp3) is 0.529. The third-order valence-electron chi connectivity index (χ3n) is 3.96. The molecule has 1 saturated heterocycles. The van der Waals surface area contributed by atoms with Crippen LogP contribution in [0, 0.1) is 0 Å². The molecule has 2 rings (SSSR count). The van der Waals surface area contributed by atoms with Crippen LogP contribution in [0.5, 0.6) is 5.75 Å². The first kappa shape index (κ1) is 19.5. The van der Waals surface area contributed by atoms with Crippen molar-refractivity contribution < 1.29 is 14.3 Å². The molecule has 1 aromatic rings. The molecule has 1 aliphatic rings. The molecule has 1 fully saturated rings. The van der Waals surface area contributed by atoms with Crippen LogP contribution >= 0.6 is 12.4 Å². The molecule has 0 aromatic heterocycles. The van der Waals surface area contributed by atoms with Crippen molar-refractivity contribution in [2.24, 2.45) is 5.73 Å². The Morgan fingerprint density at radius 2 is 1.83 bits per heavy atom. The first-order valence-corrected chi connectivity index (χ1v) is 7.83. The average Bonchev–Trinajstić information content (AvgIpc) is 2.52. The second-order valence-corrected chi connectivity index (χ2v) is 5.75. The molecule has 0 unspecified atom stereocenters. The first-order chi connectivity index (χ1) is 10.6. The minimum atomic E-state index is 0. The highest BCUT2D eigenvalue weighted by atomic mass is 35.5.